The van der Waals surface area contributed by atoms with Crippen LogP contribution in [0.5, 0.6) is 0 Å². The van der Waals surface area contributed by atoms with E-state index >= 15 is 0 Å². The van der Waals surface area contributed by atoms with Crippen molar-refractivity contribution >= 4 is 16.9 Å². The Bertz CT molecular complexity index is 1260. The second-order valence-electron chi connectivity index (χ2n) is 7.75. The van der Waals surface area contributed by atoms with Crippen LogP contribution in [0.1, 0.15) is 46.3 Å². The number of benzene rings is 1. The molecule has 1 fully saturated rings. The van der Waals surface area contributed by atoms with Crippen LogP contribution in [0.25, 0.3) is 16.9 Å². The first-order valence-corrected chi connectivity index (χ1v) is 10.2. The van der Waals surface area contributed by atoms with Gasteiger partial charge in [-0.05, 0) is 44.0 Å². The Morgan fingerprint density at radius 2 is 1.97 bits per heavy atom. The number of nitrogens with zero attached hydrogens (tertiary/aromatic N) is 5. The predicted molar refractivity (Wildman–Crippen MR) is 110 cm³/mol. The first kappa shape index (κ1) is 20.2. The molecule has 0 spiro atoms. The summed E-state index contributed by atoms with van der Waals surface area (Å²) in [4.78, 5) is 27.0. The van der Waals surface area contributed by atoms with Gasteiger partial charge in [0.1, 0.15) is 5.82 Å². The summed E-state index contributed by atoms with van der Waals surface area (Å²) in [5.74, 6) is 0.764. The number of hydrogen-bond acceptors (Lipinski definition) is 4. The van der Waals surface area contributed by atoms with E-state index in [2.05, 4.69) is 20.1 Å². The van der Waals surface area contributed by atoms with Gasteiger partial charge in [-0.15, -0.1) is 0 Å². The summed E-state index contributed by atoms with van der Waals surface area (Å²) < 4.78 is 39.8. The number of rotatable bonds is 3. The van der Waals surface area contributed by atoms with Gasteiger partial charge in [0.2, 0.25) is 0 Å². The van der Waals surface area contributed by atoms with E-state index in [0.717, 1.165) is 42.0 Å². The molecule has 0 saturated carbocycles. The number of hydrogen-bond donors (Lipinski definition) is 1. The van der Waals surface area contributed by atoms with Gasteiger partial charge in [0, 0.05) is 12.7 Å². The highest BCUT2D eigenvalue weighted by atomic mass is 19.4. The molecule has 1 atom stereocenters. The monoisotopic (exact) mass is 440 g/mol. The van der Waals surface area contributed by atoms with Gasteiger partial charge in [-0.1, -0.05) is 12.1 Å². The van der Waals surface area contributed by atoms with Crippen molar-refractivity contribution in [2.24, 2.45) is 0 Å². The highest BCUT2D eigenvalue weighted by Gasteiger charge is 2.34. The minimum atomic E-state index is -4.47. The molecule has 0 aliphatic carbocycles. The summed E-state index contributed by atoms with van der Waals surface area (Å²) in [7, 11) is 0. The van der Waals surface area contributed by atoms with Gasteiger partial charge in [-0.25, -0.2) is 14.6 Å². The number of aromatic nitrogens is 5. The Balaban J connectivity index is 1.42. The van der Waals surface area contributed by atoms with Crippen molar-refractivity contribution in [2.45, 2.75) is 32.0 Å². The minimum Gasteiger partial charge on any atom is -0.340 e. The number of amides is 1. The van der Waals surface area contributed by atoms with E-state index in [1.54, 1.807) is 11.8 Å². The highest BCUT2D eigenvalue weighted by molar-refractivity contribution is 5.95. The standard InChI is InChI=1S/C22H19F3N6O/c1-13-15(12-27-31(13)19-9-8-14(11-26-19)22(23,24)25)21(32)30-10-4-7-18(30)20-28-16-5-2-3-6-17(16)29-20/h2-3,5-6,8-9,11-12,18H,4,7,10H2,1H3,(H,28,29). The number of likely N-dealkylation sites (tertiary alicyclic amines) is 1. The van der Waals surface area contributed by atoms with Crippen LogP contribution in [0.15, 0.2) is 48.8 Å². The molecule has 4 aromatic rings. The lowest BCUT2D eigenvalue weighted by Gasteiger charge is -2.23. The molecule has 1 N–H and O–H groups in total. The number of pyridine rings is 1. The lowest BCUT2D eigenvalue weighted by Crippen LogP contribution is -2.31. The van der Waals surface area contributed by atoms with Crippen molar-refractivity contribution in [3.8, 4) is 5.82 Å². The summed E-state index contributed by atoms with van der Waals surface area (Å²) >= 11 is 0. The van der Waals surface area contributed by atoms with Gasteiger partial charge < -0.3 is 9.88 Å². The Labute approximate surface area is 180 Å². The maximum absolute atomic E-state index is 13.4. The Kier molecular flexibility index (Phi) is 4.72. The largest absolute Gasteiger partial charge is 0.417 e. The molecule has 5 rings (SSSR count). The number of imidazole rings is 1. The quantitative estimate of drug-likeness (QED) is 0.511. The van der Waals surface area contributed by atoms with E-state index in [0.29, 0.717) is 17.8 Å². The van der Waals surface area contributed by atoms with Crippen molar-refractivity contribution in [3.05, 3.63) is 71.4 Å². The highest BCUT2D eigenvalue weighted by Crippen LogP contribution is 2.33. The molecular weight excluding hydrogens is 421 g/mol. The first-order chi connectivity index (χ1) is 15.3. The number of aromatic amines is 1. The van der Waals surface area contributed by atoms with Gasteiger partial charge in [-0.3, -0.25) is 4.79 Å². The van der Waals surface area contributed by atoms with Crippen molar-refractivity contribution in [1.82, 2.24) is 29.6 Å². The van der Waals surface area contributed by atoms with Crippen molar-refractivity contribution in [1.29, 1.82) is 0 Å². The fraction of sp³-hybridized carbons (Fsp3) is 0.273. The summed E-state index contributed by atoms with van der Waals surface area (Å²) in [5.41, 5.74) is 1.82. The number of halogens is 3. The molecule has 0 bridgehead atoms. The maximum Gasteiger partial charge on any atom is 0.417 e. The zero-order valence-corrected chi connectivity index (χ0v) is 17.1. The number of H-pyrrole nitrogens is 1. The molecule has 1 aliphatic rings. The molecule has 1 unspecified atom stereocenters. The number of nitrogens with one attached hydrogen (secondary N) is 1. The van der Waals surface area contributed by atoms with E-state index in [1.165, 1.54) is 16.9 Å². The molecule has 0 radical (unpaired) electrons. The number of carbonyl (C=O) groups excluding carboxylic acids is 1. The van der Waals surface area contributed by atoms with Crippen LogP contribution < -0.4 is 0 Å². The first-order valence-electron chi connectivity index (χ1n) is 10.2. The summed E-state index contributed by atoms with van der Waals surface area (Å²) in [6.45, 7) is 2.29. The predicted octanol–water partition coefficient (Wildman–Crippen LogP) is 4.45. The molecule has 32 heavy (non-hydrogen) atoms. The third-order valence-electron chi connectivity index (χ3n) is 5.77. The van der Waals surface area contributed by atoms with Gasteiger partial charge in [0.15, 0.2) is 5.82 Å². The van der Waals surface area contributed by atoms with Crippen molar-refractivity contribution < 1.29 is 18.0 Å². The lowest BCUT2D eigenvalue weighted by atomic mass is 10.2. The normalized spacial score (nSPS) is 16.8. The molecular formula is C22H19F3N6O. The smallest absolute Gasteiger partial charge is 0.340 e. The van der Waals surface area contributed by atoms with Gasteiger partial charge >= 0.3 is 6.18 Å². The second kappa shape index (κ2) is 7.47. The molecule has 1 aliphatic heterocycles. The van der Waals surface area contributed by atoms with Gasteiger partial charge in [-0.2, -0.15) is 18.3 Å². The van der Waals surface area contributed by atoms with Crippen LogP contribution >= 0.6 is 0 Å². The zero-order valence-electron chi connectivity index (χ0n) is 17.1. The number of fused-ring (bicyclic) bond motifs is 1. The van der Waals surface area contributed by atoms with Crippen LogP contribution in [0, 0.1) is 6.92 Å². The minimum absolute atomic E-state index is 0.179. The molecule has 3 aromatic heterocycles. The second-order valence-corrected chi connectivity index (χ2v) is 7.75. The average Bonchev–Trinajstić information content (AvgIpc) is 3.50. The Morgan fingerprint density at radius 1 is 1.16 bits per heavy atom. The van der Waals surface area contributed by atoms with Gasteiger partial charge in [0.05, 0.1) is 40.1 Å². The molecule has 7 nitrogen and oxygen atoms in total. The molecule has 164 valence electrons. The maximum atomic E-state index is 13.4. The van der Waals surface area contributed by atoms with E-state index in [9.17, 15) is 18.0 Å². The Morgan fingerprint density at radius 3 is 2.69 bits per heavy atom. The van der Waals surface area contributed by atoms with Crippen LogP contribution in [0.2, 0.25) is 0 Å². The molecule has 1 saturated heterocycles. The summed E-state index contributed by atoms with van der Waals surface area (Å²) in [6, 6.07) is 9.71. The van der Waals surface area contributed by atoms with E-state index in [1.807, 2.05) is 24.3 Å². The number of para-hydroxylation sites is 2. The molecule has 4 heterocycles. The van der Waals surface area contributed by atoms with Crippen LogP contribution in [0.3, 0.4) is 0 Å². The summed E-state index contributed by atoms with van der Waals surface area (Å²) in [5, 5.41) is 4.20. The van der Waals surface area contributed by atoms with Gasteiger partial charge in [0.25, 0.3) is 5.91 Å². The van der Waals surface area contributed by atoms with Crippen molar-refractivity contribution in [2.75, 3.05) is 6.54 Å². The van der Waals surface area contributed by atoms with E-state index in [-0.39, 0.29) is 17.8 Å². The van der Waals surface area contributed by atoms with Crippen LogP contribution in [-0.2, 0) is 6.18 Å². The fourth-order valence-corrected chi connectivity index (χ4v) is 4.11. The molecule has 10 heteroatoms. The fourth-order valence-electron chi connectivity index (χ4n) is 4.11. The van der Waals surface area contributed by atoms with E-state index < -0.39 is 11.7 Å². The third kappa shape index (κ3) is 3.41. The number of carbonyl (C=O) groups is 1. The molecule has 1 aromatic carbocycles. The zero-order chi connectivity index (χ0) is 22.5. The van der Waals surface area contributed by atoms with E-state index in [4.69, 9.17) is 0 Å². The number of alkyl halides is 3. The van der Waals surface area contributed by atoms with Crippen molar-refractivity contribution in [3.63, 3.8) is 0 Å². The summed E-state index contributed by atoms with van der Waals surface area (Å²) in [6.07, 6.45) is -0.630. The lowest BCUT2D eigenvalue weighted by molar-refractivity contribution is -0.137. The Hall–Kier alpha value is -3.69. The SMILES string of the molecule is Cc1c(C(=O)N2CCCC2c2nc3ccccc3[nH]2)cnn1-c1ccc(C(F)(F)F)cn1. The van der Waals surface area contributed by atoms with Crippen LogP contribution in [0.4, 0.5) is 13.2 Å². The average molecular weight is 440 g/mol. The van der Waals surface area contributed by atoms with Crippen LogP contribution in [-0.4, -0.2) is 42.1 Å². The molecule has 1 amide bonds. The third-order valence-corrected chi connectivity index (χ3v) is 5.77. The topological polar surface area (TPSA) is 79.7 Å².